The number of anilines is 1. The van der Waals surface area contributed by atoms with Crippen LogP contribution in [-0.2, 0) is 6.42 Å². The summed E-state index contributed by atoms with van der Waals surface area (Å²) in [6, 6.07) is 13.1. The summed E-state index contributed by atoms with van der Waals surface area (Å²) in [6.07, 6.45) is 2.28. The van der Waals surface area contributed by atoms with Crippen molar-refractivity contribution in [2.75, 3.05) is 25.1 Å². The van der Waals surface area contributed by atoms with Crippen LogP contribution in [0.1, 0.15) is 29.8 Å². The van der Waals surface area contributed by atoms with Crippen molar-refractivity contribution in [1.82, 2.24) is 9.97 Å². The van der Waals surface area contributed by atoms with Gasteiger partial charge in [-0.1, -0.05) is 6.07 Å². The number of hydrogen-bond donors (Lipinski definition) is 2. The maximum atomic E-state index is 11.4. The number of aromatic nitrogens is 2. The Hall–Kier alpha value is -3.65. The van der Waals surface area contributed by atoms with E-state index in [1.165, 1.54) is 28.0 Å². The largest absolute Gasteiger partial charge is 0.494 e. The van der Waals surface area contributed by atoms with E-state index in [0.717, 1.165) is 17.7 Å². The monoisotopic (exact) mass is 463 g/mol. The van der Waals surface area contributed by atoms with Crippen molar-refractivity contribution in [3.63, 3.8) is 0 Å². The standard InChI is InChI=1S/C25H25N3O4S/c1-3-31-21-7-8-23-18(10-12-33-23)17(21)9-11-26-24-14-20(27-15-28-24)16-5-6-19(25(29)30)22(13-16)32-4-2/h5-8,10,12-15H,3-4,9,11H2,1-2H3,(H,29,30)(H,26,27,28). The molecule has 0 unspecified atom stereocenters. The van der Waals surface area contributed by atoms with Crippen LogP contribution in [0.25, 0.3) is 21.3 Å². The van der Waals surface area contributed by atoms with E-state index >= 15 is 0 Å². The summed E-state index contributed by atoms with van der Waals surface area (Å²) in [4.78, 5) is 20.1. The summed E-state index contributed by atoms with van der Waals surface area (Å²) in [5.41, 5.74) is 2.75. The zero-order valence-electron chi connectivity index (χ0n) is 18.5. The minimum absolute atomic E-state index is 0.126. The molecule has 0 aliphatic heterocycles. The molecule has 2 N–H and O–H groups in total. The van der Waals surface area contributed by atoms with Gasteiger partial charge in [-0.2, -0.15) is 0 Å². The molecule has 170 valence electrons. The van der Waals surface area contributed by atoms with Crippen molar-refractivity contribution < 1.29 is 19.4 Å². The summed E-state index contributed by atoms with van der Waals surface area (Å²) in [6.45, 7) is 5.48. The van der Waals surface area contributed by atoms with Crippen molar-refractivity contribution in [1.29, 1.82) is 0 Å². The van der Waals surface area contributed by atoms with Gasteiger partial charge in [0.1, 0.15) is 29.2 Å². The third kappa shape index (κ3) is 5.06. The molecule has 33 heavy (non-hydrogen) atoms. The summed E-state index contributed by atoms with van der Waals surface area (Å²) in [7, 11) is 0. The molecule has 0 aliphatic carbocycles. The second kappa shape index (κ2) is 10.3. The second-order valence-corrected chi connectivity index (χ2v) is 8.17. The van der Waals surface area contributed by atoms with Gasteiger partial charge in [0, 0.05) is 28.4 Å². The Kier molecular flexibility index (Phi) is 7.04. The Labute approximate surface area is 196 Å². The van der Waals surface area contributed by atoms with Gasteiger partial charge in [0.25, 0.3) is 0 Å². The highest BCUT2D eigenvalue weighted by atomic mass is 32.1. The lowest BCUT2D eigenvalue weighted by atomic mass is 10.1. The van der Waals surface area contributed by atoms with Crippen LogP contribution in [0.2, 0.25) is 0 Å². The maximum Gasteiger partial charge on any atom is 0.339 e. The average molecular weight is 464 g/mol. The van der Waals surface area contributed by atoms with Crippen molar-refractivity contribution >= 4 is 33.2 Å². The van der Waals surface area contributed by atoms with Crippen molar-refractivity contribution in [3.05, 3.63) is 65.3 Å². The van der Waals surface area contributed by atoms with Crippen LogP contribution >= 0.6 is 11.3 Å². The van der Waals surface area contributed by atoms with Crippen LogP contribution in [0, 0.1) is 0 Å². The molecule has 0 saturated heterocycles. The smallest absolute Gasteiger partial charge is 0.339 e. The first kappa shape index (κ1) is 22.5. The molecule has 0 saturated carbocycles. The summed E-state index contributed by atoms with van der Waals surface area (Å²) >= 11 is 1.72. The maximum absolute atomic E-state index is 11.4. The van der Waals surface area contributed by atoms with E-state index in [9.17, 15) is 9.90 Å². The number of carboxylic acid groups (broad SMARTS) is 1. The molecule has 0 spiro atoms. The SMILES string of the molecule is CCOc1cc(-c2cc(NCCc3c(OCC)ccc4sccc34)ncn2)ccc1C(=O)O. The van der Waals surface area contributed by atoms with Gasteiger partial charge in [-0.15, -0.1) is 11.3 Å². The fourth-order valence-corrected chi connectivity index (χ4v) is 4.51. The van der Waals surface area contributed by atoms with E-state index in [-0.39, 0.29) is 5.56 Å². The molecule has 2 aromatic heterocycles. The van der Waals surface area contributed by atoms with E-state index < -0.39 is 5.97 Å². The van der Waals surface area contributed by atoms with Gasteiger partial charge < -0.3 is 19.9 Å². The van der Waals surface area contributed by atoms with Gasteiger partial charge in [-0.25, -0.2) is 14.8 Å². The predicted molar refractivity (Wildman–Crippen MR) is 131 cm³/mol. The van der Waals surface area contributed by atoms with E-state index in [4.69, 9.17) is 9.47 Å². The molecule has 2 aromatic carbocycles. The van der Waals surface area contributed by atoms with E-state index in [1.54, 1.807) is 23.5 Å². The summed E-state index contributed by atoms with van der Waals surface area (Å²) < 4.78 is 12.6. The molecule has 8 heteroatoms. The number of nitrogens with one attached hydrogen (secondary N) is 1. The Morgan fingerprint density at radius 3 is 2.64 bits per heavy atom. The Balaban J connectivity index is 1.52. The normalized spacial score (nSPS) is 10.8. The highest BCUT2D eigenvalue weighted by Crippen LogP contribution is 2.32. The molecule has 0 radical (unpaired) electrons. The Morgan fingerprint density at radius 2 is 1.85 bits per heavy atom. The number of fused-ring (bicyclic) bond motifs is 1. The van der Waals surface area contributed by atoms with E-state index in [2.05, 4.69) is 32.8 Å². The molecule has 4 aromatic rings. The number of aromatic carboxylic acids is 1. The highest BCUT2D eigenvalue weighted by molar-refractivity contribution is 7.17. The number of thiophene rings is 1. The molecule has 0 aliphatic rings. The zero-order chi connectivity index (χ0) is 23.2. The molecule has 0 amide bonds. The molecular formula is C25H25N3O4S. The van der Waals surface area contributed by atoms with Crippen LogP contribution in [-0.4, -0.2) is 40.8 Å². The van der Waals surface area contributed by atoms with Crippen LogP contribution < -0.4 is 14.8 Å². The highest BCUT2D eigenvalue weighted by Gasteiger charge is 2.14. The number of carbonyl (C=O) groups is 1. The predicted octanol–water partition coefficient (Wildman–Crippen LogP) is 5.51. The number of hydrogen-bond acceptors (Lipinski definition) is 7. The molecule has 4 rings (SSSR count). The van der Waals surface area contributed by atoms with Gasteiger partial charge >= 0.3 is 5.97 Å². The lowest BCUT2D eigenvalue weighted by molar-refractivity contribution is 0.0692. The molecular weight excluding hydrogens is 438 g/mol. The van der Waals surface area contributed by atoms with Gasteiger partial charge in [0.2, 0.25) is 0 Å². The number of carboxylic acids is 1. The first-order chi connectivity index (χ1) is 16.1. The lowest BCUT2D eigenvalue weighted by Crippen LogP contribution is -2.08. The number of benzene rings is 2. The molecule has 0 bridgehead atoms. The van der Waals surface area contributed by atoms with Crippen molar-refractivity contribution in [2.24, 2.45) is 0 Å². The minimum Gasteiger partial charge on any atom is -0.494 e. The number of rotatable bonds is 10. The van der Waals surface area contributed by atoms with Gasteiger partial charge in [-0.3, -0.25) is 0 Å². The van der Waals surface area contributed by atoms with Crippen molar-refractivity contribution in [3.8, 4) is 22.8 Å². The topological polar surface area (TPSA) is 93.6 Å². The van der Waals surface area contributed by atoms with E-state index in [0.29, 0.717) is 37.0 Å². The van der Waals surface area contributed by atoms with Crippen molar-refractivity contribution in [2.45, 2.75) is 20.3 Å². The van der Waals surface area contributed by atoms with Crippen LogP contribution in [0.5, 0.6) is 11.5 Å². The fraction of sp³-hybridized carbons (Fsp3) is 0.240. The van der Waals surface area contributed by atoms with Gasteiger partial charge in [0.05, 0.1) is 18.9 Å². The molecule has 7 nitrogen and oxygen atoms in total. The number of nitrogens with zero attached hydrogens (tertiary/aromatic N) is 2. The molecule has 0 fully saturated rings. The van der Waals surface area contributed by atoms with Gasteiger partial charge in [0.15, 0.2) is 0 Å². The average Bonchev–Trinajstić information content (AvgIpc) is 3.30. The minimum atomic E-state index is -1.03. The Morgan fingerprint density at radius 1 is 1.03 bits per heavy atom. The van der Waals surface area contributed by atoms with Crippen LogP contribution in [0.4, 0.5) is 5.82 Å². The summed E-state index contributed by atoms with van der Waals surface area (Å²) in [5, 5.41) is 16.1. The third-order valence-electron chi connectivity index (χ3n) is 5.16. The third-order valence-corrected chi connectivity index (χ3v) is 6.04. The van der Waals surface area contributed by atoms with E-state index in [1.807, 2.05) is 26.0 Å². The molecule has 0 atom stereocenters. The Bertz CT molecular complexity index is 1270. The fourth-order valence-electron chi connectivity index (χ4n) is 3.69. The van der Waals surface area contributed by atoms with Crippen LogP contribution in [0.3, 0.4) is 0 Å². The quantitative estimate of drug-likeness (QED) is 0.320. The molecule has 2 heterocycles. The lowest BCUT2D eigenvalue weighted by Gasteiger charge is -2.13. The van der Waals surface area contributed by atoms with Gasteiger partial charge in [-0.05, 0) is 61.4 Å². The number of ether oxygens (including phenoxy) is 2. The zero-order valence-corrected chi connectivity index (χ0v) is 19.3. The first-order valence-electron chi connectivity index (χ1n) is 10.8. The second-order valence-electron chi connectivity index (χ2n) is 7.22. The summed E-state index contributed by atoms with van der Waals surface area (Å²) in [5.74, 6) is 0.899. The van der Waals surface area contributed by atoms with Crippen LogP contribution in [0.15, 0.2) is 54.2 Å². The first-order valence-corrected chi connectivity index (χ1v) is 11.7.